The van der Waals surface area contributed by atoms with Gasteiger partial charge in [0.15, 0.2) is 0 Å². The average molecular weight is 254 g/mol. The van der Waals surface area contributed by atoms with Crippen molar-refractivity contribution in [1.82, 2.24) is 10.2 Å². The van der Waals surface area contributed by atoms with E-state index in [1.807, 2.05) is 0 Å². The van der Waals surface area contributed by atoms with E-state index in [-0.39, 0.29) is 6.61 Å². The van der Waals surface area contributed by atoms with Crippen LogP contribution < -0.4 is 5.32 Å². The van der Waals surface area contributed by atoms with Crippen molar-refractivity contribution in [2.75, 3.05) is 32.8 Å². The van der Waals surface area contributed by atoms with Gasteiger partial charge < -0.3 is 15.3 Å². The number of aliphatic hydroxyl groups is 1. The highest BCUT2D eigenvalue weighted by Crippen LogP contribution is 2.29. The van der Waals surface area contributed by atoms with Crippen LogP contribution in [0.5, 0.6) is 0 Å². The van der Waals surface area contributed by atoms with Crippen LogP contribution in [0, 0.1) is 11.8 Å². The second-order valence-corrected chi connectivity index (χ2v) is 6.28. The fourth-order valence-electron chi connectivity index (χ4n) is 3.53. The van der Waals surface area contributed by atoms with Gasteiger partial charge in [0.2, 0.25) is 0 Å². The summed E-state index contributed by atoms with van der Waals surface area (Å²) >= 11 is 0. The molecular weight excluding hydrogens is 224 g/mol. The fraction of sp³-hybridized carbons (Fsp3) is 1.00. The minimum Gasteiger partial charge on any atom is -0.395 e. The summed E-state index contributed by atoms with van der Waals surface area (Å²) in [6, 6.07) is 0.600. The van der Waals surface area contributed by atoms with E-state index in [2.05, 4.69) is 17.1 Å². The molecule has 2 unspecified atom stereocenters. The van der Waals surface area contributed by atoms with Gasteiger partial charge >= 0.3 is 0 Å². The third-order valence-corrected chi connectivity index (χ3v) is 4.60. The number of rotatable bonds is 7. The lowest BCUT2D eigenvalue weighted by Crippen LogP contribution is -2.51. The number of hydrogen-bond acceptors (Lipinski definition) is 3. The van der Waals surface area contributed by atoms with Gasteiger partial charge in [0, 0.05) is 32.2 Å². The molecule has 1 aliphatic carbocycles. The van der Waals surface area contributed by atoms with Crippen molar-refractivity contribution in [1.29, 1.82) is 0 Å². The Morgan fingerprint density at radius 3 is 2.67 bits per heavy atom. The van der Waals surface area contributed by atoms with E-state index in [9.17, 15) is 0 Å². The second kappa shape index (κ2) is 7.46. The number of aliphatic hydroxyl groups excluding tert-OH is 1. The number of hydrogen-bond donors (Lipinski definition) is 2. The van der Waals surface area contributed by atoms with E-state index in [0.717, 1.165) is 18.4 Å². The minimum absolute atomic E-state index is 0.261. The van der Waals surface area contributed by atoms with Crippen LogP contribution in [-0.2, 0) is 0 Å². The van der Waals surface area contributed by atoms with Crippen molar-refractivity contribution < 1.29 is 5.11 Å². The normalized spacial score (nSPS) is 30.3. The summed E-state index contributed by atoms with van der Waals surface area (Å²) in [6.45, 7) is 7.12. The molecular formula is C15H30N2O. The van der Waals surface area contributed by atoms with Gasteiger partial charge in [-0.15, -0.1) is 0 Å². The van der Waals surface area contributed by atoms with Crippen LogP contribution in [0.25, 0.3) is 0 Å². The van der Waals surface area contributed by atoms with Crippen LogP contribution in [-0.4, -0.2) is 48.8 Å². The van der Waals surface area contributed by atoms with E-state index in [1.165, 1.54) is 58.2 Å². The first-order chi connectivity index (χ1) is 8.81. The fourth-order valence-corrected chi connectivity index (χ4v) is 3.53. The first-order valence-electron chi connectivity index (χ1n) is 7.88. The first-order valence-corrected chi connectivity index (χ1v) is 7.88. The highest BCUT2D eigenvalue weighted by atomic mass is 16.3. The van der Waals surface area contributed by atoms with Gasteiger partial charge in [-0.3, -0.25) is 0 Å². The zero-order valence-corrected chi connectivity index (χ0v) is 11.9. The Kier molecular flexibility index (Phi) is 5.93. The lowest BCUT2D eigenvalue weighted by molar-refractivity contribution is 0.0965. The van der Waals surface area contributed by atoms with Crippen molar-refractivity contribution in [3.05, 3.63) is 0 Å². The lowest BCUT2D eigenvalue weighted by Gasteiger charge is -2.41. The molecule has 2 fully saturated rings. The van der Waals surface area contributed by atoms with Crippen LogP contribution in [0.15, 0.2) is 0 Å². The van der Waals surface area contributed by atoms with Crippen LogP contribution in [0.4, 0.5) is 0 Å². The minimum atomic E-state index is 0.261. The molecule has 1 saturated heterocycles. The van der Waals surface area contributed by atoms with Gasteiger partial charge in [-0.25, -0.2) is 0 Å². The van der Waals surface area contributed by atoms with Crippen LogP contribution >= 0.6 is 0 Å². The maximum atomic E-state index is 8.95. The lowest BCUT2D eigenvalue weighted by atomic mass is 9.83. The maximum absolute atomic E-state index is 8.95. The van der Waals surface area contributed by atoms with E-state index >= 15 is 0 Å². The molecule has 0 aromatic heterocycles. The molecule has 0 radical (unpaired) electrons. The molecule has 2 N–H and O–H groups in total. The molecule has 1 aliphatic heterocycles. The summed E-state index contributed by atoms with van der Waals surface area (Å²) < 4.78 is 0. The molecule has 2 atom stereocenters. The summed E-state index contributed by atoms with van der Waals surface area (Å²) in [5.74, 6) is 1.84. The number of nitrogens with zero attached hydrogens (tertiary/aromatic N) is 1. The molecule has 0 bridgehead atoms. The van der Waals surface area contributed by atoms with E-state index in [4.69, 9.17) is 5.11 Å². The largest absolute Gasteiger partial charge is 0.395 e. The molecule has 0 aromatic carbocycles. The van der Waals surface area contributed by atoms with Crippen molar-refractivity contribution in [2.45, 2.75) is 51.5 Å². The zero-order chi connectivity index (χ0) is 12.8. The van der Waals surface area contributed by atoms with Crippen LogP contribution in [0.2, 0.25) is 0 Å². The van der Waals surface area contributed by atoms with Crippen molar-refractivity contribution in [2.24, 2.45) is 11.8 Å². The SMILES string of the molecule is CCCC1CC(NCCO)CN(CC2CCC2)C1. The first kappa shape index (κ1) is 14.3. The molecule has 1 heterocycles. The smallest absolute Gasteiger partial charge is 0.0556 e. The van der Waals surface area contributed by atoms with Gasteiger partial charge in [-0.2, -0.15) is 0 Å². The number of piperidine rings is 1. The number of likely N-dealkylation sites (tertiary alicyclic amines) is 1. The van der Waals surface area contributed by atoms with E-state index < -0.39 is 0 Å². The van der Waals surface area contributed by atoms with Gasteiger partial charge in [0.25, 0.3) is 0 Å². The van der Waals surface area contributed by atoms with Crippen molar-refractivity contribution in [3.8, 4) is 0 Å². The molecule has 0 spiro atoms. The Morgan fingerprint density at radius 2 is 2.06 bits per heavy atom. The third-order valence-electron chi connectivity index (χ3n) is 4.60. The summed E-state index contributed by atoms with van der Waals surface area (Å²) in [5.41, 5.74) is 0. The van der Waals surface area contributed by atoms with Crippen LogP contribution in [0.3, 0.4) is 0 Å². The Hall–Kier alpha value is -0.120. The number of nitrogens with one attached hydrogen (secondary N) is 1. The Bertz CT molecular complexity index is 231. The van der Waals surface area contributed by atoms with Gasteiger partial charge in [0.05, 0.1) is 6.61 Å². The Labute approximate surface area is 112 Å². The summed E-state index contributed by atoms with van der Waals surface area (Å²) in [7, 11) is 0. The molecule has 2 aliphatic rings. The van der Waals surface area contributed by atoms with E-state index in [1.54, 1.807) is 0 Å². The molecule has 0 amide bonds. The molecule has 0 aromatic rings. The van der Waals surface area contributed by atoms with Gasteiger partial charge in [-0.05, 0) is 37.5 Å². The van der Waals surface area contributed by atoms with Gasteiger partial charge in [-0.1, -0.05) is 19.8 Å². The predicted octanol–water partition coefficient (Wildman–Crippen LogP) is 1.86. The van der Waals surface area contributed by atoms with Gasteiger partial charge in [0.1, 0.15) is 0 Å². The maximum Gasteiger partial charge on any atom is 0.0556 e. The third kappa shape index (κ3) is 4.22. The summed E-state index contributed by atoms with van der Waals surface area (Å²) in [6.07, 6.45) is 8.30. The molecule has 1 saturated carbocycles. The average Bonchev–Trinajstić information content (AvgIpc) is 2.32. The van der Waals surface area contributed by atoms with Crippen molar-refractivity contribution in [3.63, 3.8) is 0 Å². The second-order valence-electron chi connectivity index (χ2n) is 6.28. The topological polar surface area (TPSA) is 35.5 Å². The predicted molar refractivity (Wildman–Crippen MR) is 75.7 cm³/mol. The molecule has 2 rings (SSSR count). The monoisotopic (exact) mass is 254 g/mol. The standard InChI is InChI=1S/C15H30N2O/c1-2-4-14-9-15(16-7-8-18)12-17(11-14)10-13-5-3-6-13/h13-16,18H,2-12H2,1H3. The zero-order valence-electron chi connectivity index (χ0n) is 11.9. The van der Waals surface area contributed by atoms with Crippen molar-refractivity contribution >= 4 is 0 Å². The molecule has 18 heavy (non-hydrogen) atoms. The van der Waals surface area contributed by atoms with E-state index in [0.29, 0.717) is 6.04 Å². The highest BCUT2D eigenvalue weighted by Gasteiger charge is 2.29. The summed E-state index contributed by atoms with van der Waals surface area (Å²) in [4.78, 5) is 2.68. The quantitative estimate of drug-likeness (QED) is 0.728. The Balaban J connectivity index is 1.79. The van der Waals surface area contributed by atoms with Crippen LogP contribution in [0.1, 0.15) is 45.4 Å². The highest BCUT2D eigenvalue weighted by molar-refractivity contribution is 4.85. The molecule has 3 heteroatoms. The molecule has 3 nitrogen and oxygen atoms in total. The Morgan fingerprint density at radius 1 is 1.22 bits per heavy atom. The molecule has 106 valence electrons. The summed E-state index contributed by atoms with van der Waals surface area (Å²) in [5, 5.41) is 12.5.